The summed E-state index contributed by atoms with van der Waals surface area (Å²) in [7, 11) is 0. The normalized spacial score (nSPS) is 20.1. The number of carboxylic acids is 1. The van der Waals surface area contributed by atoms with E-state index in [0.717, 1.165) is 16.5 Å². The van der Waals surface area contributed by atoms with Gasteiger partial charge in [0, 0.05) is 18.4 Å². The van der Waals surface area contributed by atoms with Crippen molar-refractivity contribution in [1.29, 1.82) is 0 Å². The van der Waals surface area contributed by atoms with Crippen molar-refractivity contribution in [2.45, 2.75) is 32.0 Å². The number of aliphatic carboxylic acids is 1. The first-order valence-electron chi connectivity index (χ1n) is 8.81. The Morgan fingerprint density at radius 1 is 1.19 bits per heavy atom. The van der Waals surface area contributed by atoms with Gasteiger partial charge >= 0.3 is 5.97 Å². The zero-order valence-corrected chi connectivity index (χ0v) is 14.8. The highest BCUT2D eigenvalue weighted by atomic mass is 16.5. The van der Waals surface area contributed by atoms with Gasteiger partial charge in [-0.25, -0.2) is 4.79 Å². The molecule has 1 saturated heterocycles. The Bertz CT molecular complexity index is 785. The first-order chi connectivity index (χ1) is 12.5. The number of hydrogen-bond acceptors (Lipinski definition) is 4. The minimum absolute atomic E-state index is 0.0621. The van der Waals surface area contributed by atoms with Crippen LogP contribution >= 0.6 is 0 Å². The van der Waals surface area contributed by atoms with Crippen molar-refractivity contribution < 1.29 is 24.2 Å². The zero-order chi connectivity index (χ0) is 18.5. The van der Waals surface area contributed by atoms with Crippen LogP contribution in [0.5, 0.6) is 5.75 Å². The molecule has 1 unspecified atom stereocenters. The Morgan fingerprint density at radius 3 is 2.77 bits per heavy atom. The topological polar surface area (TPSA) is 76.1 Å². The van der Waals surface area contributed by atoms with E-state index in [4.69, 9.17) is 14.6 Å². The molecule has 2 aromatic rings. The molecule has 0 spiro atoms. The van der Waals surface area contributed by atoms with E-state index in [1.165, 1.54) is 0 Å². The van der Waals surface area contributed by atoms with Crippen molar-refractivity contribution in [3.8, 4) is 5.75 Å². The maximum Gasteiger partial charge on any atom is 0.334 e. The van der Waals surface area contributed by atoms with Crippen LogP contribution in [-0.2, 0) is 14.3 Å². The Hall–Kier alpha value is -2.60. The first kappa shape index (κ1) is 18.2. The van der Waals surface area contributed by atoms with Crippen LogP contribution in [0.2, 0.25) is 0 Å². The van der Waals surface area contributed by atoms with Crippen LogP contribution in [0.3, 0.4) is 0 Å². The smallest absolute Gasteiger partial charge is 0.334 e. The average molecular weight is 357 g/mol. The van der Waals surface area contributed by atoms with Crippen molar-refractivity contribution in [3.05, 3.63) is 42.5 Å². The van der Waals surface area contributed by atoms with E-state index < -0.39 is 12.1 Å². The molecule has 1 N–H and O–H groups in total. The molecule has 6 nitrogen and oxygen atoms in total. The van der Waals surface area contributed by atoms with Gasteiger partial charge in [0.05, 0.1) is 19.3 Å². The van der Waals surface area contributed by atoms with E-state index in [9.17, 15) is 9.59 Å². The Morgan fingerprint density at radius 2 is 1.96 bits per heavy atom. The highest BCUT2D eigenvalue weighted by Crippen LogP contribution is 2.25. The second-order valence-corrected chi connectivity index (χ2v) is 6.50. The summed E-state index contributed by atoms with van der Waals surface area (Å²) in [4.78, 5) is 25.0. The lowest BCUT2D eigenvalue weighted by molar-refractivity contribution is -0.166. The Labute approximate surface area is 152 Å². The number of hydrogen-bond donors (Lipinski definition) is 1. The summed E-state index contributed by atoms with van der Waals surface area (Å²) in [5, 5.41) is 11.3. The summed E-state index contributed by atoms with van der Waals surface area (Å²) in [5.74, 6) is -0.289. The van der Waals surface area contributed by atoms with Crippen molar-refractivity contribution >= 4 is 22.6 Å². The maximum atomic E-state index is 12.4. The number of benzene rings is 2. The molecule has 1 heterocycles. The zero-order valence-electron chi connectivity index (χ0n) is 14.8. The van der Waals surface area contributed by atoms with Gasteiger partial charge in [0.15, 0.2) is 6.10 Å². The lowest BCUT2D eigenvalue weighted by Gasteiger charge is -2.35. The van der Waals surface area contributed by atoms with E-state index in [1.807, 2.05) is 42.5 Å². The first-order valence-corrected chi connectivity index (χ1v) is 8.81. The van der Waals surface area contributed by atoms with Gasteiger partial charge in [-0.1, -0.05) is 36.4 Å². The van der Waals surface area contributed by atoms with E-state index >= 15 is 0 Å². The molecular weight excluding hydrogens is 334 g/mol. The van der Waals surface area contributed by atoms with Crippen LogP contribution in [0.25, 0.3) is 10.8 Å². The number of morpholine rings is 1. The third-order valence-electron chi connectivity index (χ3n) is 4.43. The molecule has 2 atom stereocenters. The van der Waals surface area contributed by atoms with Gasteiger partial charge in [0.2, 0.25) is 5.91 Å². The van der Waals surface area contributed by atoms with Crippen LogP contribution < -0.4 is 4.74 Å². The number of carbonyl (C=O) groups is 2. The minimum Gasteiger partial charge on any atom is -0.493 e. The molecule has 0 radical (unpaired) electrons. The van der Waals surface area contributed by atoms with Gasteiger partial charge in [-0.2, -0.15) is 0 Å². The third kappa shape index (κ3) is 4.32. The highest BCUT2D eigenvalue weighted by molar-refractivity contribution is 5.88. The molecule has 1 amide bonds. The molecule has 2 aromatic carbocycles. The molecule has 1 aliphatic rings. The summed E-state index contributed by atoms with van der Waals surface area (Å²) in [6.07, 6.45) is -0.328. The number of carbonyl (C=O) groups excluding carboxylic acids is 1. The predicted octanol–water partition coefficient (Wildman–Crippen LogP) is 2.70. The van der Waals surface area contributed by atoms with Crippen molar-refractivity contribution in [2.75, 3.05) is 19.7 Å². The van der Waals surface area contributed by atoms with Crippen molar-refractivity contribution in [2.24, 2.45) is 0 Å². The van der Waals surface area contributed by atoms with Gasteiger partial charge < -0.3 is 19.5 Å². The summed E-state index contributed by atoms with van der Waals surface area (Å²) >= 11 is 0. The molecule has 26 heavy (non-hydrogen) atoms. The number of amides is 1. The van der Waals surface area contributed by atoms with E-state index in [2.05, 4.69) is 0 Å². The molecule has 0 bridgehead atoms. The van der Waals surface area contributed by atoms with Crippen LogP contribution in [0.4, 0.5) is 0 Å². The second kappa shape index (κ2) is 8.19. The lowest BCUT2D eigenvalue weighted by atomic mass is 10.1. The standard InChI is InChI=1S/C20H23NO5/c1-14-12-21(13-18(26-14)20(23)24)19(22)10-5-11-25-17-9-4-7-15-6-2-3-8-16(15)17/h2-4,6-9,14,18H,5,10-13H2,1H3,(H,23,24)/t14-,18?/m1/s1. The fraction of sp³-hybridized carbons (Fsp3) is 0.400. The fourth-order valence-corrected chi connectivity index (χ4v) is 3.18. The van der Waals surface area contributed by atoms with Gasteiger partial charge in [0.1, 0.15) is 5.75 Å². The number of fused-ring (bicyclic) bond motifs is 1. The molecule has 138 valence electrons. The van der Waals surface area contributed by atoms with Gasteiger partial charge in [-0.3, -0.25) is 4.79 Å². The largest absolute Gasteiger partial charge is 0.493 e. The molecule has 0 saturated carbocycles. The Balaban J connectivity index is 1.50. The molecule has 6 heteroatoms. The Kier molecular flexibility index (Phi) is 5.73. The SMILES string of the molecule is C[C@@H]1CN(C(=O)CCCOc2cccc3ccccc23)CC(C(=O)O)O1. The van der Waals surface area contributed by atoms with Crippen LogP contribution in [0, 0.1) is 0 Å². The van der Waals surface area contributed by atoms with Crippen LogP contribution in [-0.4, -0.2) is 53.8 Å². The van der Waals surface area contributed by atoms with Gasteiger partial charge in [-0.05, 0) is 24.8 Å². The highest BCUT2D eigenvalue weighted by Gasteiger charge is 2.32. The predicted molar refractivity (Wildman–Crippen MR) is 97.2 cm³/mol. The van der Waals surface area contributed by atoms with Crippen LogP contribution in [0.1, 0.15) is 19.8 Å². The van der Waals surface area contributed by atoms with Gasteiger partial charge in [-0.15, -0.1) is 0 Å². The molecule has 3 rings (SSSR count). The molecule has 0 aliphatic carbocycles. The minimum atomic E-state index is -1.03. The molecular formula is C20H23NO5. The van der Waals surface area contributed by atoms with E-state index in [1.54, 1.807) is 11.8 Å². The van der Waals surface area contributed by atoms with Gasteiger partial charge in [0.25, 0.3) is 0 Å². The summed E-state index contributed by atoms with van der Waals surface area (Å²) in [5.41, 5.74) is 0. The van der Waals surface area contributed by atoms with E-state index in [-0.39, 0.29) is 18.6 Å². The number of carboxylic acid groups (broad SMARTS) is 1. The average Bonchev–Trinajstić information content (AvgIpc) is 2.64. The second-order valence-electron chi connectivity index (χ2n) is 6.50. The van der Waals surface area contributed by atoms with Crippen LogP contribution in [0.15, 0.2) is 42.5 Å². The number of ether oxygens (including phenoxy) is 2. The summed E-state index contributed by atoms with van der Waals surface area (Å²) in [6, 6.07) is 13.9. The van der Waals surface area contributed by atoms with Crippen molar-refractivity contribution in [1.82, 2.24) is 4.90 Å². The number of nitrogens with zero attached hydrogens (tertiary/aromatic N) is 1. The third-order valence-corrected chi connectivity index (χ3v) is 4.43. The lowest BCUT2D eigenvalue weighted by Crippen LogP contribution is -2.51. The summed E-state index contributed by atoms with van der Waals surface area (Å²) in [6.45, 7) is 2.73. The molecule has 1 aliphatic heterocycles. The fourth-order valence-electron chi connectivity index (χ4n) is 3.18. The maximum absolute atomic E-state index is 12.4. The molecule has 0 aromatic heterocycles. The van der Waals surface area contributed by atoms with E-state index in [0.29, 0.717) is 26.0 Å². The monoisotopic (exact) mass is 357 g/mol. The van der Waals surface area contributed by atoms with Crippen molar-refractivity contribution in [3.63, 3.8) is 0 Å². The molecule has 1 fully saturated rings. The number of rotatable bonds is 6. The quantitative estimate of drug-likeness (QED) is 0.805. The summed E-state index contributed by atoms with van der Waals surface area (Å²) < 4.78 is 11.2.